The minimum atomic E-state index is -4.64. The highest BCUT2D eigenvalue weighted by atomic mass is 19.4. The van der Waals surface area contributed by atoms with E-state index in [0.29, 0.717) is 66.4 Å². The number of rotatable bonds is 6. The molecule has 0 saturated carbocycles. The van der Waals surface area contributed by atoms with Crippen LogP contribution >= 0.6 is 0 Å². The summed E-state index contributed by atoms with van der Waals surface area (Å²) in [7, 11) is 1.61. The Morgan fingerprint density at radius 1 is 0.957 bits per heavy atom. The van der Waals surface area contributed by atoms with Crippen LogP contribution in [0.3, 0.4) is 0 Å². The van der Waals surface area contributed by atoms with Gasteiger partial charge in [0.2, 0.25) is 5.95 Å². The average molecular weight is 633 g/mol. The fourth-order valence-electron chi connectivity index (χ4n) is 5.32. The second-order valence-corrected chi connectivity index (χ2v) is 11.1. The second-order valence-electron chi connectivity index (χ2n) is 11.1. The number of carbonyl (C=O) groups is 2. The Morgan fingerprint density at radius 2 is 1.72 bits per heavy atom. The Morgan fingerprint density at radius 3 is 2.43 bits per heavy atom. The van der Waals surface area contributed by atoms with Crippen LogP contribution in [0.25, 0.3) is 0 Å². The maximum atomic E-state index is 13.8. The quantitative estimate of drug-likeness (QED) is 0.269. The monoisotopic (exact) mass is 632 g/mol. The van der Waals surface area contributed by atoms with Gasteiger partial charge < -0.3 is 20.3 Å². The fourth-order valence-corrected chi connectivity index (χ4v) is 5.32. The van der Waals surface area contributed by atoms with Crippen LogP contribution in [-0.2, 0) is 17.5 Å². The van der Waals surface area contributed by atoms with E-state index >= 15 is 0 Å². The molecule has 46 heavy (non-hydrogen) atoms. The number of anilines is 6. The van der Waals surface area contributed by atoms with Crippen molar-refractivity contribution in [3.8, 4) is 0 Å². The van der Waals surface area contributed by atoms with Crippen molar-refractivity contribution >= 4 is 46.5 Å². The van der Waals surface area contributed by atoms with E-state index < -0.39 is 17.6 Å². The van der Waals surface area contributed by atoms with Crippen molar-refractivity contribution in [1.29, 1.82) is 0 Å². The lowest BCUT2D eigenvalue weighted by Gasteiger charge is -2.35. The third-order valence-electron chi connectivity index (χ3n) is 7.81. The molecular weight excluding hydrogens is 601 g/mol. The summed E-state index contributed by atoms with van der Waals surface area (Å²) in [6.45, 7) is 5.47. The van der Waals surface area contributed by atoms with E-state index in [2.05, 4.69) is 25.6 Å². The number of hydrogen-bond donors (Lipinski definition) is 2. The minimum absolute atomic E-state index is 0.135. The molecular formula is C32H31F3N8O3. The van der Waals surface area contributed by atoms with Gasteiger partial charge in [0.1, 0.15) is 5.82 Å². The summed E-state index contributed by atoms with van der Waals surface area (Å²) >= 11 is 0. The average Bonchev–Trinajstić information content (AvgIpc) is 3.05. The third-order valence-corrected chi connectivity index (χ3v) is 7.81. The zero-order valence-corrected chi connectivity index (χ0v) is 25.4. The molecule has 14 heteroatoms. The summed E-state index contributed by atoms with van der Waals surface area (Å²) in [4.78, 5) is 44.8. The number of fused-ring (bicyclic) bond motifs is 1. The SMILES string of the molecule is Cc1ccc(Nc2ncc3c(n2)N(C)C(=O)N(c2cc(NC(=O)c4cc(N5CCOCC5)cc(C(F)(F)F)c4)ccc2C)C3)cn1. The summed E-state index contributed by atoms with van der Waals surface area (Å²) in [6, 6.07) is 11.7. The highest BCUT2D eigenvalue weighted by molar-refractivity contribution is 6.07. The number of carbonyl (C=O) groups excluding carboxylic acids is 2. The van der Waals surface area contributed by atoms with E-state index in [1.807, 2.05) is 26.0 Å². The first-order valence-corrected chi connectivity index (χ1v) is 14.5. The molecule has 11 nitrogen and oxygen atoms in total. The number of hydrogen-bond acceptors (Lipinski definition) is 8. The Hall–Kier alpha value is -5.24. The molecule has 1 fully saturated rings. The van der Waals surface area contributed by atoms with E-state index in [1.54, 1.807) is 42.5 Å². The number of aromatic nitrogens is 3. The molecule has 2 aromatic carbocycles. The Labute approximate surface area is 263 Å². The lowest BCUT2D eigenvalue weighted by molar-refractivity contribution is -0.137. The second kappa shape index (κ2) is 12.3. The summed E-state index contributed by atoms with van der Waals surface area (Å²) in [5.74, 6) is 0.0476. The number of halogens is 3. The van der Waals surface area contributed by atoms with E-state index in [9.17, 15) is 22.8 Å². The normalized spacial score (nSPS) is 15.1. The van der Waals surface area contributed by atoms with Crippen molar-refractivity contribution in [2.24, 2.45) is 0 Å². The van der Waals surface area contributed by atoms with Gasteiger partial charge in [0.25, 0.3) is 5.91 Å². The van der Waals surface area contributed by atoms with Crippen LogP contribution in [0.5, 0.6) is 0 Å². The third kappa shape index (κ3) is 6.42. The first kappa shape index (κ1) is 30.8. The first-order chi connectivity index (χ1) is 22.0. The molecule has 0 aliphatic carbocycles. The molecule has 3 amide bonds. The number of urea groups is 1. The minimum Gasteiger partial charge on any atom is -0.378 e. The van der Waals surface area contributed by atoms with Gasteiger partial charge in [0.15, 0.2) is 0 Å². The van der Waals surface area contributed by atoms with Gasteiger partial charge in [-0.15, -0.1) is 0 Å². The molecule has 2 N–H and O–H groups in total. The van der Waals surface area contributed by atoms with Crippen molar-refractivity contribution in [2.45, 2.75) is 26.6 Å². The Kier molecular flexibility index (Phi) is 8.21. The molecule has 2 aromatic heterocycles. The van der Waals surface area contributed by atoms with Gasteiger partial charge in [0.05, 0.1) is 42.9 Å². The number of morpholine rings is 1. The van der Waals surface area contributed by atoms with Crippen LogP contribution in [-0.4, -0.2) is 60.2 Å². The van der Waals surface area contributed by atoms with Gasteiger partial charge in [-0.05, 0) is 61.9 Å². The lowest BCUT2D eigenvalue weighted by atomic mass is 10.1. The van der Waals surface area contributed by atoms with Gasteiger partial charge in [-0.25, -0.2) is 9.78 Å². The van der Waals surface area contributed by atoms with E-state index in [0.717, 1.165) is 23.4 Å². The van der Waals surface area contributed by atoms with Gasteiger partial charge in [0, 0.05) is 54.5 Å². The molecule has 0 bridgehead atoms. The number of ether oxygens (including phenoxy) is 1. The molecule has 0 spiro atoms. The van der Waals surface area contributed by atoms with Crippen molar-refractivity contribution in [3.05, 3.63) is 88.9 Å². The van der Waals surface area contributed by atoms with E-state index in [4.69, 9.17) is 4.74 Å². The van der Waals surface area contributed by atoms with Crippen LogP contribution in [0.2, 0.25) is 0 Å². The number of pyridine rings is 1. The topological polar surface area (TPSA) is 116 Å². The molecule has 0 radical (unpaired) electrons. The van der Waals surface area contributed by atoms with Crippen LogP contribution in [0.1, 0.15) is 32.7 Å². The molecule has 4 heterocycles. The molecule has 2 aliphatic rings. The molecule has 0 unspecified atom stereocenters. The molecule has 1 saturated heterocycles. The van der Waals surface area contributed by atoms with Gasteiger partial charge in [-0.2, -0.15) is 18.2 Å². The molecule has 238 valence electrons. The highest BCUT2D eigenvalue weighted by Gasteiger charge is 2.34. The van der Waals surface area contributed by atoms with Crippen molar-refractivity contribution in [2.75, 3.05) is 58.7 Å². The summed E-state index contributed by atoms with van der Waals surface area (Å²) in [5.41, 5.74) is 3.11. The number of aryl methyl sites for hydroxylation is 2. The number of nitrogens with one attached hydrogen (secondary N) is 2. The van der Waals surface area contributed by atoms with Crippen molar-refractivity contribution in [3.63, 3.8) is 0 Å². The molecule has 0 atom stereocenters. The molecule has 6 rings (SSSR count). The predicted octanol–water partition coefficient (Wildman–Crippen LogP) is 5.92. The Bertz CT molecular complexity index is 1790. The van der Waals surface area contributed by atoms with E-state index in [-0.39, 0.29) is 18.1 Å². The number of benzene rings is 2. The van der Waals surface area contributed by atoms with Crippen molar-refractivity contribution in [1.82, 2.24) is 15.0 Å². The highest BCUT2D eigenvalue weighted by Crippen LogP contribution is 2.35. The van der Waals surface area contributed by atoms with Crippen LogP contribution in [0.15, 0.2) is 60.9 Å². The largest absolute Gasteiger partial charge is 0.416 e. The number of nitrogens with zero attached hydrogens (tertiary/aromatic N) is 6. The number of amides is 3. The van der Waals surface area contributed by atoms with Crippen molar-refractivity contribution < 1.29 is 27.5 Å². The first-order valence-electron chi connectivity index (χ1n) is 14.5. The summed E-state index contributed by atoms with van der Waals surface area (Å²) < 4.78 is 46.7. The van der Waals surface area contributed by atoms with Crippen LogP contribution < -0.4 is 25.3 Å². The predicted molar refractivity (Wildman–Crippen MR) is 168 cm³/mol. The molecule has 2 aliphatic heterocycles. The summed E-state index contributed by atoms with van der Waals surface area (Å²) in [5, 5.41) is 5.81. The van der Waals surface area contributed by atoms with Gasteiger partial charge in [-0.3, -0.25) is 19.6 Å². The Balaban J connectivity index is 1.24. The van der Waals surface area contributed by atoms with Gasteiger partial charge in [-0.1, -0.05) is 6.07 Å². The van der Waals surface area contributed by atoms with Crippen LogP contribution in [0, 0.1) is 13.8 Å². The zero-order valence-electron chi connectivity index (χ0n) is 25.4. The molecule has 4 aromatic rings. The maximum absolute atomic E-state index is 13.8. The standard InChI is InChI=1S/C32H31F3N8O3/c1-19-4-6-24(38-29(44)21-12-23(32(33,34)35)14-26(13-21)42-8-10-46-11-9-42)15-27(19)43-18-22-16-37-30(40-28(22)41(3)31(43)45)39-25-7-5-20(2)36-17-25/h4-7,12-17H,8-11,18H2,1-3H3,(H,38,44)(H,37,39,40). The fraction of sp³-hybridized carbons (Fsp3) is 0.281. The smallest absolute Gasteiger partial charge is 0.378 e. The van der Waals surface area contributed by atoms with E-state index in [1.165, 1.54) is 15.9 Å². The lowest BCUT2D eigenvalue weighted by Crippen LogP contribution is -2.46. The number of alkyl halides is 3. The maximum Gasteiger partial charge on any atom is 0.416 e. The van der Waals surface area contributed by atoms with Gasteiger partial charge >= 0.3 is 12.2 Å². The summed E-state index contributed by atoms with van der Waals surface area (Å²) in [6.07, 6.45) is -1.33. The van der Waals surface area contributed by atoms with Crippen LogP contribution in [0.4, 0.5) is 52.5 Å². The zero-order chi connectivity index (χ0) is 32.6.